The first-order valence-electron chi connectivity index (χ1n) is 8.00. The number of nitrogens with zero attached hydrogens (tertiary/aromatic N) is 2. The van der Waals surface area contributed by atoms with Crippen molar-refractivity contribution in [3.8, 4) is 5.75 Å². The molecule has 5 nitrogen and oxygen atoms in total. The Morgan fingerprint density at radius 1 is 1.20 bits per heavy atom. The average molecular weight is 474 g/mol. The highest BCUT2D eigenvalue weighted by Gasteiger charge is 2.14. The summed E-state index contributed by atoms with van der Waals surface area (Å²) in [5, 5.41) is 7.66. The fourth-order valence-electron chi connectivity index (χ4n) is 2.12. The number of aryl methyl sites for hydroxylation is 1. The van der Waals surface area contributed by atoms with Crippen molar-refractivity contribution in [3.63, 3.8) is 0 Å². The number of rotatable bonds is 5. The van der Waals surface area contributed by atoms with Crippen LogP contribution in [0.5, 0.6) is 5.75 Å². The number of para-hydroxylation sites is 1. The number of benzene rings is 1. The predicted octanol–water partition coefficient (Wildman–Crippen LogP) is 4.11. The van der Waals surface area contributed by atoms with Crippen LogP contribution >= 0.6 is 35.3 Å². The summed E-state index contributed by atoms with van der Waals surface area (Å²) in [4.78, 5) is 9.82. The fraction of sp³-hybridized carbons (Fsp3) is 0.444. The summed E-state index contributed by atoms with van der Waals surface area (Å²) in [6.45, 7) is 9.51. The van der Waals surface area contributed by atoms with Gasteiger partial charge in [0.15, 0.2) is 5.96 Å². The van der Waals surface area contributed by atoms with Crippen LogP contribution in [0.1, 0.15) is 36.2 Å². The molecule has 0 atom stereocenters. The molecule has 0 unspecified atom stereocenters. The lowest BCUT2D eigenvalue weighted by molar-refractivity contribution is 0.129. The van der Waals surface area contributed by atoms with E-state index in [2.05, 4.69) is 33.6 Å². The molecule has 0 bridgehead atoms. The van der Waals surface area contributed by atoms with Crippen LogP contribution in [0.3, 0.4) is 0 Å². The topological polar surface area (TPSA) is 58.5 Å². The summed E-state index contributed by atoms with van der Waals surface area (Å²) in [6.07, 6.45) is 1.89. The Morgan fingerprint density at radius 3 is 2.48 bits per heavy atom. The fourth-order valence-corrected chi connectivity index (χ4v) is 2.85. The summed E-state index contributed by atoms with van der Waals surface area (Å²) in [5.74, 6) is 1.64. The van der Waals surface area contributed by atoms with Gasteiger partial charge >= 0.3 is 0 Å². The Hall–Kier alpha value is -1.35. The van der Waals surface area contributed by atoms with Crippen molar-refractivity contribution in [2.45, 2.75) is 46.4 Å². The van der Waals surface area contributed by atoms with Crippen LogP contribution < -0.4 is 15.4 Å². The van der Waals surface area contributed by atoms with E-state index in [9.17, 15) is 0 Å². The SMILES string of the molecule is CN=C(NCc1ncc(C)s1)NCc1ccccc1OC(C)(C)C.I. The molecule has 2 N–H and O–H groups in total. The first-order chi connectivity index (χ1) is 11.4. The van der Waals surface area contributed by atoms with Gasteiger partial charge in [-0.25, -0.2) is 4.98 Å². The molecule has 1 aromatic heterocycles. The van der Waals surface area contributed by atoms with Gasteiger partial charge in [-0.3, -0.25) is 4.99 Å². The zero-order valence-corrected chi connectivity index (χ0v) is 18.6. The highest BCUT2D eigenvalue weighted by Crippen LogP contribution is 2.22. The zero-order valence-electron chi connectivity index (χ0n) is 15.4. The van der Waals surface area contributed by atoms with E-state index in [1.807, 2.05) is 45.2 Å². The van der Waals surface area contributed by atoms with E-state index in [4.69, 9.17) is 4.74 Å². The number of hydrogen-bond donors (Lipinski definition) is 2. The minimum absolute atomic E-state index is 0. The number of thiazole rings is 1. The van der Waals surface area contributed by atoms with Gasteiger partial charge in [0.25, 0.3) is 0 Å². The maximum absolute atomic E-state index is 6.02. The maximum Gasteiger partial charge on any atom is 0.191 e. The molecule has 0 fully saturated rings. The molecule has 0 amide bonds. The molecular weight excluding hydrogens is 447 g/mol. The molecular formula is C18H27IN4OS. The molecule has 1 heterocycles. The summed E-state index contributed by atoms with van der Waals surface area (Å²) in [7, 11) is 1.76. The van der Waals surface area contributed by atoms with Crippen LogP contribution in [0.4, 0.5) is 0 Å². The standard InChI is InChI=1S/C18H26N4OS.HI/c1-13-10-20-16(24-13)12-22-17(19-5)21-11-14-8-6-7-9-15(14)23-18(2,3)4;/h6-10H,11-12H2,1-5H3,(H2,19,21,22);1H. The van der Waals surface area contributed by atoms with Crippen molar-refractivity contribution in [1.29, 1.82) is 0 Å². The summed E-state index contributed by atoms with van der Waals surface area (Å²) in [5.41, 5.74) is 0.874. The molecule has 0 aliphatic carbocycles. The Balaban J connectivity index is 0.00000312. The van der Waals surface area contributed by atoms with Gasteiger partial charge in [-0.1, -0.05) is 18.2 Å². The minimum atomic E-state index is -0.223. The summed E-state index contributed by atoms with van der Waals surface area (Å²) >= 11 is 1.69. The van der Waals surface area contributed by atoms with E-state index >= 15 is 0 Å². The number of aliphatic imine (C=N–C) groups is 1. The van der Waals surface area contributed by atoms with E-state index in [0.29, 0.717) is 13.1 Å². The van der Waals surface area contributed by atoms with Gasteiger partial charge in [-0.05, 0) is 33.8 Å². The lowest BCUT2D eigenvalue weighted by Gasteiger charge is -2.23. The van der Waals surface area contributed by atoms with Crippen LogP contribution in [-0.4, -0.2) is 23.6 Å². The van der Waals surface area contributed by atoms with E-state index in [0.717, 1.165) is 22.3 Å². The van der Waals surface area contributed by atoms with Crippen LogP contribution in [0.25, 0.3) is 0 Å². The Morgan fingerprint density at radius 2 is 1.88 bits per heavy atom. The number of halogens is 1. The number of nitrogens with one attached hydrogen (secondary N) is 2. The average Bonchev–Trinajstić information content (AvgIpc) is 2.93. The van der Waals surface area contributed by atoms with Gasteiger partial charge in [0.2, 0.25) is 0 Å². The molecule has 0 aliphatic heterocycles. The normalized spacial score (nSPS) is 11.6. The van der Waals surface area contributed by atoms with E-state index < -0.39 is 0 Å². The van der Waals surface area contributed by atoms with Gasteiger partial charge in [-0.15, -0.1) is 35.3 Å². The number of guanidine groups is 1. The molecule has 1 aromatic carbocycles. The van der Waals surface area contributed by atoms with Gasteiger partial charge < -0.3 is 15.4 Å². The predicted molar refractivity (Wildman–Crippen MR) is 116 cm³/mol. The third-order valence-electron chi connectivity index (χ3n) is 3.13. The largest absolute Gasteiger partial charge is 0.488 e. The molecule has 0 spiro atoms. The molecule has 7 heteroatoms. The van der Waals surface area contributed by atoms with Crippen molar-refractivity contribution in [1.82, 2.24) is 15.6 Å². The molecule has 25 heavy (non-hydrogen) atoms. The van der Waals surface area contributed by atoms with E-state index in [-0.39, 0.29) is 29.6 Å². The lowest BCUT2D eigenvalue weighted by atomic mass is 10.1. The number of hydrogen-bond acceptors (Lipinski definition) is 4. The number of aromatic nitrogens is 1. The number of ether oxygens (including phenoxy) is 1. The second-order valence-corrected chi connectivity index (χ2v) is 7.79. The van der Waals surface area contributed by atoms with Crippen LogP contribution in [0.2, 0.25) is 0 Å². The van der Waals surface area contributed by atoms with Gasteiger partial charge in [-0.2, -0.15) is 0 Å². The second-order valence-electron chi connectivity index (χ2n) is 6.47. The van der Waals surface area contributed by atoms with Crippen molar-refractivity contribution in [3.05, 3.63) is 45.9 Å². The Labute approximate surface area is 171 Å². The van der Waals surface area contributed by atoms with E-state index in [1.165, 1.54) is 4.88 Å². The molecule has 0 saturated heterocycles. The highest BCUT2D eigenvalue weighted by molar-refractivity contribution is 14.0. The van der Waals surface area contributed by atoms with Gasteiger partial charge in [0, 0.05) is 30.2 Å². The quantitative estimate of drug-likeness (QED) is 0.389. The summed E-state index contributed by atoms with van der Waals surface area (Å²) < 4.78 is 6.02. The molecule has 2 aromatic rings. The molecule has 138 valence electrons. The third-order valence-corrected chi connectivity index (χ3v) is 4.05. The van der Waals surface area contributed by atoms with Crippen molar-refractivity contribution < 1.29 is 4.74 Å². The van der Waals surface area contributed by atoms with E-state index in [1.54, 1.807) is 18.4 Å². The smallest absolute Gasteiger partial charge is 0.191 e. The lowest BCUT2D eigenvalue weighted by Crippen LogP contribution is -2.36. The van der Waals surface area contributed by atoms with Gasteiger partial charge in [0.1, 0.15) is 16.4 Å². The zero-order chi connectivity index (χ0) is 17.6. The summed E-state index contributed by atoms with van der Waals surface area (Å²) in [6, 6.07) is 8.06. The minimum Gasteiger partial charge on any atom is -0.488 e. The monoisotopic (exact) mass is 474 g/mol. The third kappa shape index (κ3) is 7.60. The van der Waals surface area contributed by atoms with Crippen molar-refractivity contribution in [2.75, 3.05) is 7.05 Å². The Bertz CT molecular complexity index is 694. The second kappa shape index (κ2) is 9.96. The molecule has 2 rings (SSSR count). The van der Waals surface area contributed by atoms with Crippen LogP contribution in [0, 0.1) is 6.92 Å². The van der Waals surface area contributed by atoms with Gasteiger partial charge in [0.05, 0.1) is 6.54 Å². The van der Waals surface area contributed by atoms with Crippen molar-refractivity contribution in [2.24, 2.45) is 4.99 Å². The Kier molecular flexibility index (Phi) is 8.64. The molecule has 0 aliphatic rings. The first-order valence-corrected chi connectivity index (χ1v) is 8.82. The highest BCUT2D eigenvalue weighted by atomic mass is 127. The van der Waals surface area contributed by atoms with Crippen LogP contribution in [0.15, 0.2) is 35.5 Å². The van der Waals surface area contributed by atoms with Crippen molar-refractivity contribution >= 4 is 41.3 Å². The molecule has 0 radical (unpaired) electrons. The van der Waals surface area contributed by atoms with Crippen LogP contribution in [-0.2, 0) is 13.1 Å². The maximum atomic E-state index is 6.02. The first kappa shape index (κ1) is 21.7. The molecule has 0 saturated carbocycles.